The molecule has 66 valence electrons. The van der Waals surface area contributed by atoms with Crippen molar-refractivity contribution in [3.8, 4) is 0 Å². The number of thiol groups is 1. The lowest BCUT2D eigenvalue weighted by molar-refractivity contribution is -0.00995. The van der Waals surface area contributed by atoms with Crippen molar-refractivity contribution < 1.29 is 9.47 Å². The highest BCUT2D eigenvalue weighted by Gasteiger charge is 2.30. The Morgan fingerprint density at radius 1 is 1.45 bits per heavy atom. The third-order valence-electron chi connectivity index (χ3n) is 1.99. The first-order valence-electron chi connectivity index (χ1n) is 3.71. The van der Waals surface area contributed by atoms with Crippen LogP contribution in [0.15, 0.2) is 0 Å². The Bertz CT molecular complexity index is 123. The third kappa shape index (κ3) is 2.33. The van der Waals surface area contributed by atoms with Crippen LogP contribution in [0.25, 0.3) is 0 Å². The highest BCUT2D eigenvalue weighted by molar-refractivity contribution is 7.80. The molecule has 3 nitrogen and oxygen atoms in total. The predicted octanol–water partition coefficient (Wildman–Crippen LogP) is 0.219. The van der Waals surface area contributed by atoms with Crippen LogP contribution in [0, 0.1) is 0 Å². The molecule has 1 rings (SSSR count). The van der Waals surface area contributed by atoms with Crippen molar-refractivity contribution in [3.63, 3.8) is 0 Å². The van der Waals surface area contributed by atoms with Crippen LogP contribution in [-0.4, -0.2) is 50.3 Å². The van der Waals surface area contributed by atoms with Crippen molar-refractivity contribution in [2.75, 3.05) is 33.2 Å². The van der Waals surface area contributed by atoms with Gasteiger partial charge in [-0.05, 0) is 7.05 Å². The highest BCUT2D eigenvalue weighted by Crippen LogP contribution is 2.14. The number of ether oxygens (including phenoxy) is 2. The molecule has 0 aromatic heterocycles. The maximum absolute atomic E-state index is 5.37. The smallest absolute Gasteiger partial charge is 0.0986 e. The summed E-state index contributed by atoms with van der Waals surface area (Å²) >= 11 is 4.01. The van der Waals surface area contributed by atoms with Gasteiger partial charge in [-0.1, -0.05) is 0 Å². The topological polar surface area (TPSA) is 21.7 Å². The van der Waals surface area contributed by atoms with Crippen molar-refractivity contribution in [2.45, 2.75) is 12.2 Å². The number of likely N-dealkylation sites (tertiary alicyclic amines) is 1. The lowest BCUT2D eigenvalue weighted by atomic mass is 10.3. The van der Waals surface area contributed by atoms with Gasteiger partial charge < -0.3 is 14.4 Å². The first-order chi connectivity index (χ1) is 5.27. The molecule has 0 bridgehead atoms. The summed E-state index contributed by atoms with van der Waals surface area (Å²) in [7, 11) is 3.78. The number of likely N-dealkylation sites (N-methyl/N-ethyl adjacent to an activating group) is 1. The zero-order valence-electron chi connectivity index (χ0n) is 6.99. The molecular formula is C7H15NO2S. The van der Waals surface area contributed by atoms with Crippen LogP contribution in [0.1, 0.15) is 0 Å². The summed E-state index contributed by atoms with van der Waals surface area (Å²) in [5.74, 6) is 0.471. The fourth-order valence-electron chi connectivity index (χ4n) is 1.41. The van der Waals surface area contributed by atoms with Crippen LogP contribution in [0.2, 0.25) is 0 Å². The molecule has 11 heavy (non-hydrogen) atoms. The van der Waals surface area contributed by atoms with Gasteiger partial charge in [0.2, 0.25) is 0 Å². The van der Waals surface area contributed by atoms with Gasteiger partial charge in [-0.3, -0.25) is 0 Å². The van der Waals surface area contributed by atoms with Gasteiger partial charge in [-0.2, -0.15) is 12.6 Å². The molecular weight excluding hydrogens is 162 g/mol. The fraction of sp³-hybridized carbons (Fsp3) is 1.00. The molecule has 2 atom stereocenters. The van der Waals surface area contributed by atoms with Crippen LogP contribution >= 0.6 is 12.6 Å². The first kappa shape index (κ1) is 9.32. The highest BCUT2D eigenvalue weighted by atomic mass is 32.1. The van der Waals surface area contributed by atoms with Crippen LogP contribution < -0.4 is 0 Å². The summed E-state index contributed by atoms with van der Waals surface area (Å²) in [6.07, 6.45) is 0.412. The molecule has 0 spiro atoms. The van der Waals surface area contributed by atoms with Gasteiger partial charge >= 0.3 is 0 Å². The molecule has 0 N–H and O–H groups in total. The molecule has 1 aliphatic rings. The van der Waals surface area contributed by atoms with Crippen LogP contribution in [0.5, 0.6) is 0 Å². The minimum atomic E-state index is 0.197. The van der Waals surface area contributed by atoms with Gasteiger partial charge in [-0.15, -0.1) is 0 Å². The third-order valence-corrected chi connectivity index (χ3v) is 2.14. The maximum atomic E-state index is 5.37. The van der Waals surface area contributed by atoms with Gasteiger partial charge in [0.25, 0.3) is 0 Å². The fourth-order valence-corrected chi connectivity index (χ4v) is 1.60. The predicted molar refractivity (Wildman–Crippen MR) is 47.0 cm³/mol. The molecule has 0 unspecified atom stereocenters. The van der Waals surface area contributed by atoms with Crippen molar-refractivity contribution >= 4 is 12.6 Å². The van der Waals surface area contributed by atoms with Gasteiger partial charge in [0.15, 0.2) is 0 Å². The van der Waals surface area contributed by atoms with E-state index in [9.17, 15) is 0 Å². The zero-order chi connectivity index (χ0) is 8.27. The minimum Gasteiger partial charge on any atom is -0.377 e. The lowest BCUT2D eigenvalue weighted by Crippen LogP contribution is -2.28. The zero-order valence-corrected chi connectivity index (χ0v) is 7.88. The Morgan fingerprint density at radius 2 is 2.09 bits per heavy atom. The SMILES string of the molecule is CO[C@@H]1CN(C)C[C@H]1OCS. The van der Waals surface area contributed by atoms with E-state index in [4.69, 9.17) is 9.47 Å². The minimum absolute atomic E-state index is 0.197. The van der Waals surface area contributed by atoms with Gasteiger partial charge in [-0.25, -0.2) is 0 Å². The van der Waals surface area contributed by atoms with E-state index in [2.05, 4.69) is 24.6 Å². The Morgan fingerprint density at radius 3 is 2.64 bits per heavy atom. The number of rotatable bonds is 3. The molecule has 0 amide bonds. The van der Waals surface area contributed by atoms with Crippen molar-refractivity contribution in [3.05, 3.63) is 0 Å². The molecule has 0 radical (unpaired) electrons. The summed E-state index contributed by atoms with van der Waals surface area (Å²) in [5.41, 5.74) is 0. The number of nitrogens with zero attached hydrogens (tertiary/aromatic N) is 1. The van der Waals surface area contributed by atoms with Crippen LogP contribution in [-0.2, 0) is 9.47 Å². The number of hydrogen-bond donors (Lipinski definition) is 1. The van der Waals surface area contributed by atoms with E-state index < -0.39 is 0 Å². The quantitative estimate of drug-likeness (QED) is 0.492. The average Bonchev–Trinajstić information content (AvgIpc) is 2.32. The molecule has 0 saturated carbocycles. The van der Waals surface area contributed by atoms with Gasteiger partial charge in [0, 0.05) is 20.2 Å². The van der Waals surface area contributed by atoms with Gasteiger partial charge in [0.1, 0.15) is 0 Å². The van der Waals surface area contributed by atoms with E-state index in [1.807, 2.05) is 0 Å². The van der Waals surface area contributed by atoms with E-state index >= 15 is 0 Å². The second-order valence-electron chi connectivity index (χ2n) is 2.83. The molecule has 1 fully saturated rings. The Kier molecular flexibility index (Phi) is 3.65. The largest absolute Gasteiger partial charge is 0.377 e. The van der Waals surface area contributed by atoms with E-state index in [-0.39, 0.29) is 12.2 Å². The maximum Gasteiger partial charge on any atom is 0.0986 e. The number of hydrogen-bond acceptors (Lipinski definition) is 4. The van der Waals surface area contributed by atoms with Crippen molar-refractivity contribution in [1.29, 1.82) is 0 Å². The molecule has 0 aliphatic carbocycles. The van der Waals surface area contributed by atoms with E-state index in [1.165, 1.54) is 0 Å². The van der Waals surface area contributed by atoms with Crippen LogP contribution in [0.3, 0.4) is 0 Å². The van der Waals surface area contributed by atoms with Gasteiger partial charge in [0.05, 0.1) is 18.1 Å². The van der Waals surface area contributed by atoms with E-state index in [0.29, 0.717) is 5.94 Å². The second kappa shape index (κ2) is 4.30. The average molecular weight is 177 g/mol. The van der Waals surface area contributed by atoms with Crippen molar-refractivity contribution in [1.82, 2.24) is 4.90 Å². The summed E-state index contributed by atoms with van der Waals surface area (Å²) in [4.78, 5) is 2.20. The Balaban J connectivity index is 2.37. The summed E-state index contributed by atoms with van der Waals surface area (Å²) in [5, 5.41) is 0. The van der Waals surface area contributed by atoms with E-state index in [1.54, 1.807) is 7.11 Å². The Labute approximate surface area is 73.1 Å². The number of methoxy groups -OCH3 is 1. The molecule has 4 heteroatoms. The monoisotopic (exact) mass is 177 g/mol. The van der Waals surface area contributed by atoms with Crippen molar-refractivity contribution in [2.24, 2.45) is 0 Å². The normalized spacial score (nSPS) is 33.0. The van der Waals surface area contributed by atoms with Crippen LogP contribution in [0.4, 0.5) is 0 Å². The molecule has 1 saturated heterocycles. The summed E-state index contributed by atoms with van der Waals surface area (Å²) in [6.45, 7) is 1.90. The van der Waals surface area contributed by atoms with E-state index in [0.717, 1.165) is 13.1 Å². The lowest BCUT2D eigenvalue weighted by Gasteiger charge is -2.15. The standard InChI is InChI=1S/C7H15NO2S/c1-8-3-6(9-2)7(4-8)10-5-11/h6-7,11H,3-5H2,1-2H3/t6-,7-/m1/s1. The summed E-state index contributed by atoms with van der Waals surface area (Å²) in [6, 6.07) is 0. The molecule has 0 aromatic rings. The molecule has 0 aromatic carbocycles. The first-order valence-corrected chi connectivity index (χ1v) is 4.35. The molecule has 1 aliphatic heterocycles. The summed E-state index contributed by atoms with van der Waals surface area (Å²) < 4.78 is 10.6. The Hall–Kier alpha value is 0.230. The second-order valence-corrected chi connectivity index (χ2v) is 3.09. The molecule has 1 heterocycles.